The highest BCUT2D eigenvalue weighted by Crippen LogP contribution is 2.30. The fourth-order valence-corrected chi connectivity index (χ4v) is 3.46. The molecule has 0 saturated heterocycles. The first-order valence-electron chi connectivity index (χ1n) is 11.1. The van der Waals surface area contributed by atoms with E-state index in [1.54, 1.807) is 0 Å². The van der Waals surface area contributed by atoms with Crippen LogP contribution in [0, 0.1) is 0 Å². The van der Waals surface area contributed by atoms with Crippen molar-refractivity contribution in [2.75, 3.05) is 26.4 Å². The van der Waals surface area contributed by atoms with Crippen LogP contribution in [0.1, 0.15) is 31.7 Å². The van der Waals surface area contributed by atoms with E-state index in [0.717, 1.165) is 35.5 Å². The standard InChI is InChI=1S/C27H32O4/c1-2-5-25-20-24(12-15-27(25)31-19-4-17-29)23-8-6-21(7-9-23)22-10-13-26(14-11-22)30-18-3-16-28/h6-15,20,28-29H,2-5,16-19H2,1H3. The zero-order chi connectivity index (χ0) is 21.9. The third kappa shape index (κ3) is 6.58. The Morgan fingerprint density at radius 2 is 1.16 bits per heavy atom. The van der Waals surface area contributed by atoms with Gasteiger partial charge in [-0.25, -0.2) is 0 Å². The molecule has 3 rings (SSSR count). The predicted octanol–water partition coefficient (Wildman–Crippen LogP) is 5.50. The van der Waals surface area contributed by atoms with Crippen molar-refractivity contribution in [3.8, 4) is 33.8 Å². The number of benzene rings is 3. The molecular formula is C27H32O4. The lowest BCUT2D eigenvalue weighted by molar-refractivity contribution is 0.232. The quantitative estimate of drug-likeness (QED) is 0.380. The number of ether oxygens (including phenoxy) is 2. The third-order valence-electron chi connectivity index (χ3n) is 5.12. The van der Waals surface area contributed by atoms with Gasteiger partial charge in [0.2, 0.25) is 0 Å². The second-order valence-corrected chi connectivity index (χ2v) is 7.53. The van der Waals surface area contributed by atoms with Crippen LogP contribution in [0.2, 0.25) is 0 Å². The van der Waals surface area contributed by atoms with Crippen molar-refractivity contribution >= 4 is 0 Å². The highest BCUT2D eigenvalue weighted by atomic mass is 16.5. The van der Waals surface area contributed by atoms with Crippen LogP contribution >= 0.6 is 0 Å². The van der Waals surface area contributed by atoms with Crippen LogP contribution in [0.5, 0.6) is 11.5 Å². The van der Waals surface area contributed by atoms with Crippen LogP contribution in [-0.2, 0) is 6.42 Å². The molecule has 0 bridgehead atoms. The Labute approximate surface area is 185 Å². The minimum absolute atomic E-state index is 0.143. The van der Waals surface area contributed by atoms with Crippen LogP contribution in [0.4, 0.5) is 0 Å². The zero-order valence-electron chi connectivity index (χ0n) is 18.2. The van der Waals surface area contributed by atoms with Crippen LogP contribution in [-0.4, -0.2) is 36.6 Å². The molecule has 164 valence electrons. The average molecular weight is 421 g/mol. The molecular weight excluding hydrogens is 388 g/mol. The first kappa shape index (κ1) is 22.9. The zero-order valence-corrected chi connectivity index (χ0v) is 18.2. The molecule has 0 aliphatic rings. The van der Waals surface area contributed by atoms with Gasteiger partial charge in [0.15, 0.2) is 0 Å². The molecule has 0 radical (unpaired) electrons. The molecule has 0 spiro atoms. The largest absolute Gasteiger partial charge is 0.494 e. The van der Waals surface area contributed by atoms with E-state index in [-0.39, 0.29) is 13.2 Å². The number of hydrogen-bond donors (Lipinski definition) is 2. The van der Waals surface area contributed by atoms with Gasteiger partial charge in [0.1, 0.15) is 11.5 Å². The molecule has 0 heterocycles. The summed E-state index contributed by atoms with van der Waals surface area (Å²) in [4.78, 5) is 0. The topological polar surface area (TPSA) is 58.9 Å². The van der Waals surface area contributed by atoms with Crippen LogP contribution < -0.4 is 9.47 Å². The van der Waals surface area contributed by atoms with Crippen molar-refractivity contribution in [2.45, 2.75) is 32.6 Å². The summed E-state index contributed by atoms with van der Waals surface area (Å²) in [5, 5.41) is 17.8. The predicted molar refractivity (Wildman–Crippen MR) is 126 cm³/mol. The van der Waals surface area contributed by atoms with Gasteiger partial charge in [0.05, 0.1) is 13.2 Å². The molecule has 0 aliphatic carbocycles. The summed E-state index contributed by atoms with van der Waals surface area (Å²) in [6.45, 7) is 3.51. The summed E-state index contributed by atoms with van der Waals surface area (Å²) in [6, 6.07) is 23.0. The number of aryl methyl sites for hydroxylation is 1. The molecule has 0 fully saturated rings. The summed E-state index contributed by atoms with van der Waals surface area (Å²) in [5.74, 6) is 1.73. The van der Waals surface area contributed by atoms with Crippen LogP contribution in [0.15, 0.2) is 66.7 Å². The number of rotatable bonds is 12. The first-order chi connectivity index (χ1) is 15.2. The molecule has 4 nitrogen and oxygen atoms in total. The van der Waals surface area contributed by atoms with E-state index >= 15 is 0 Å². The lowest BCUT2D eigenvalue weighted by Gasteiger charge is -2.13. The lowest BCUT2D eigenvalue weighted by atomic mass is 9.97. The normalized spacial score (nSPS) is 10.8. The minimum Gasteiger partial charge on any atom is -0.494 e. The Kier molecular flexibility index (Phi) is 8.95. The van der Waals surface area contributed by atoms with Crippen molar-refractivity contribution in [1.82, 2.24) is 0 Å². The van der Waals surface area contributed by atoms with Gasteiger partial charge >= 0.3 is 0 Å². The summed E-state index contributed by atoms with van der Waals surface area (Å²) >= 11 is 0. The van der Waals surface area contributed by atoms with Gasteiger partial charge in [0, 0.05) is 26.1 Å². The maximum Gasteiger partial charge on any atom is 0.122 e. The van der Waals surface area contributed by atoms with Gasteiger partial charge in [-0.05, 0) is 58.5 Å². The van der Waals surface area contributed by atoms with E-state index in [0.29, 0.717) is 26.1 Å². The van der Waals surface area contributed by atoms with E-state index in [2.05, 4.69) is 55.5 Å². The van der Waals surface area contributed by atoms with Crippen LogP contribution in [0.25, 0.3) is 22.3 Å². The average Bonchev–Trinajstić information content (AvgIpc) is 2.81. The molecule has 2 N–H and O–H groups in total. The molecule has 31 heavy (non-hydrogen) atoms. The second-order valence-electron chi connectivity index (χ2n) is 7.53. The fourth-order valence-electron chi connectivity index (χ4n) is 3.46. The number of hydrogen-bond acceptors (Lipinski definition) is 4. The molecule has 0 atom stereocenters. The van der Waals surface area contributed by atoms with Crippen molar-refractivity contribution in [1.29, 1.82) is 0 Å². The van der Waals surface area contributed by atoms with E-state index in [1.165, 1.54) is 16.7 Å². The monoisotopic (exact) mass is 420 g/mol. The Morgan fingerprint density at radius 1 is 0.645 bits per heavy atom. The number of aliphatic hydroxyl groups excluding tert-OH is 2. The van der Waals surface area contributed by atoms with Crippen molar-refractivity contribution < 1.29 is 19.7 Å². The second kappa shape index (κ2) is 12.1. The fraction of sp³-hybridized carbons (Fsp3) is 0.333. The van der Waals surface area contributed by atoms with Gasteiger partial charge in [-0.1, -0.05) is 55.8 Å². The van der Waals surface area contributed by atoms with Crippen molar-refractivity contribution in [2.24, 2.45) is 0 Å². The third-order valence-corrected chi connectivity index (χ3v) is 5.12. The summed E-state index contributed by atoms with van der Waals surface area (Å²) in [5.41, 5.74) is 5.85. The Morgan fingerprint density at radius 3 is 1.74 bits per heavy atom. The van der Waals surface area contributed by atoms with E-state index < -0.39 is 0 Å². The van der Waals surface area contributed by atoms with Crippen molar-refractivity contribution in [3.05, 3.63) is 72.3 Å². The summed E-state index contributed by atoms with van der Waals surface area (Å²) < 4.78 is 11.5. The van der Waals surface area contributed by atoms with Gasteiger partial charge in [-0.15, -0.1) is 0 Å². The van der Waals surface area contributed by atoms with E-state index in [9.17, 15) is 0 Å². The maximum absolute atomic E-state index is 8.98. The molecule has 4 heteroatoms. The Hall–Kier alpha value is -2.82. The highest BCUT2D eigenvalue weighted by Gasteiger charge is 2.07. The van der Waals surface area contributed by atoms with Gasteiger partial charge in [0.25, 0.3) is 0 Å². The van der Waals surface area contributed by atoms with Gasteiger partial charge in [-0.3, -0.25) is 0 Å². The van der Waals surface area contributed by atoms with Gasteiger partial charge in [-0.2, -0.15) is 0 Å². The highest BCUT2D eigenvalue weighted by molar-refractivity contribution is 5.71. The van der Waals surface area contributed by atoms with E-state index in [1.807, 2.05) is 18.2 Å². The molecule has 3 aromatic carbocycles. The number of aliphatic hydroxyl groups is 2. The SMILES string of the molecule is CCCc1cc(-c2ccc(-c3ccc(OCCCO)cc3)cc2)ccc1OCCCO. The van der Waals surface area contributed by atoms with Crippen LogP contribution in [0.3, 0.4) is 0 Å². The summed E-state index contributed by atoms with van der Waals surface area (Å²) in [7, 11) is 0. The Balaban J connectivity index is 1.72. The lowest BCUT2D eigenvalue weighted by Crippen LogP contribution is -2.02. The molecule has 0 unspecified atom stereocenters. The van der Waals surface area contributed by atoms with E-state index in [4.69, 9.17) is 19.7 Å². The molecule has 0 aliphatic heterocycles. The molecule has 0 saturated carbocycles. The van der Waals surface area contributed by atoms with Crippen molar-refractivity contribution in [3.63, 3.8) is 0 Å². The smallest absolute Gasteiger partial charge is 0.122 e. The van der Waals surface area contributed by atoms with Gasteiger partial charge < -0.3 is 19.7 Å². The molecule has 0 amide bonds. The molecule has 0 aromatic heterocycles. The summed E-state index contributed by atoms with van der Waals surface area (Å²) in [6.07, 6.45) is 3.30. The minimum atomic E-state index is 0.143. The molecule has 3 aromatic rings. The Bertz CT molecular complexity index is 917. The first-order valence-corrected chi connectivity index (χ1v) is 11.1. The maximum atomic E-state index is 8.98.